The van der Waals surface area contributed by atoms with E-state index in [4.69, 9.17) is 0 Å². The Balaban J connectivity index is 2.81. The SMILES string of the molecule is CCSc1ccccc1C(=O)N[C@@H](C)C(C)C. The lowest BCUT2D eigenvalue weighted by Gasteiger charge is -2.18. The number of hydrogen-bond donors (Lipinski definition) is 1. The van der Waals surface area contributed by atoms with Crippen LogP contribution in [0.5, 0.6) is 0 Å². The lowest BCUT2D eigenvalue weighted by atomic mass is 10.1. The molecular weight excluding hydrogens is 230 g/mol. The Kier molecular flexibility index (Phi) is 5.56. The molecule has 0 saturated heterocycles. The Labute approximate surface area is 108 Å². The summed E-state index contributed by atoms with van der Waals surface area (Å²) in [6, 6.07) is 7.97. The first kappa shape index (κ1) is 14.1. The van der Waals surface area contributed by atoms with Gasteiger partial charge in [0.1, 0.15) is 0 Å². The van der Waals surface area contributed by atoms with E-state index in [1.807, 2.05) is 31.2 Å². The molecule has 1 N–H and O–H groups in total. The van der Waals surface area contributed by atoms with E-state index in [-0.39, 0.29) is 11.9 Å². The van der Waals surface area contributed by atoms with E-state index in [0.717, 1.165) is 16.2 Å². The largest absolute Gasteiger partial charge is 0.349 e. The highest BCUT2D eigenvalue weighted by Crippen LogP contribution is 2.22. The number of rotatable bonds is 5. The number of amides is 1. The van der Waals surface area contributed by atoms with Gasteiger partial charge in [0.2, 0.25) is 0 Å². The molecule has 0 radical (unpaired) electrons. The summed E-state index contributed by atoms with van der Waals surface area (Å²) in [6.45, 7) is 8.35. The lowest BCUT2D eigenvalue weighted by Crippen LogP contribution is -2.36. The summed E-state index contributed by atoms with van der Waals surface area (Å²) >= 11 is 1.70. The number of hydrogen-bond acceptors (Lipinski definition) is 2. The summed E-state index contributed by atoms with van der Waals surface area (Å²) < 4.78 is 0. The molecule has 0 fully saturated rings. The van der Waals surface area contributed by atoms with Crippen LogP contribution in [-0.4, -0.2) is 17.7 Å². The van der Waals surface area contributed by atoms with Crippen molar-refractivity contribution in [1.82, 2.24) is 5.32 Å². The van der Waals surface area contributed by atoms with Gasteiger partial charge in [0.15, 0.2) is 0 Å². The maximum absolute atomic E-state index is 12.1. The van der Waals surface area contributed by atoms with E-state index < -0.39 is 0 Å². The van der Waals surface area contributed by atoms with Gasteiger partial charge in [-0.25, -0.2) is 0 Å². The minimum atomic E-state index is 0.0303. The molecule has 0 heterocycles. The lowest BCUT2D eigenvalue weighted by molar-refractivity contribution is 0.0927. The second-order valence-electron chi connectivity index (χ2n) is 4.44. The normalized spacial score (nSPS) is 12.5. The zero-order valence-electron chi connectivity index (χ0n) is 11.0. The molecule has 0 aliphatic heterocycles. The molecule has 0 aromatic heterocycles. The fraction of sp³-hybridized carbons (Fsp3) is 0.500. The highest BCUT2D eigenvalue weighted by atomic mass is 32.2. The number of thioether (sulfide) groups is 1. The van der Waals surface area contributed by atoms with Crippen LogP contribution >= 0.6 is 11.8 Å². The molecule has 2 nitrogen and oxygen atoms in total. The number of carbonyl (C=O) groups excluding carboxylic acids is 1. The van der Waals surface area contributed by atoms with Crippen molar-refractivity contribution in [2.45, 2.75) is 38.6 Å². The van der Waals surface area contributed by atoms with E-state index in [1.54, 1.807) is 11.8 Å². The van der Waals surface area contributed by atoms with Crippen molar-refractivity contribution in [3.05, 3.63) is 29.8 Å². The molecule has 1 amide bonds. The molecule has 17 heavy (non-hydrogen) atoms. The number of nitrogens with one attached hydrogen (secondary N) is 1. The van der Waals surface area contributed by atoms with Crippen LogP contribution < -0.4 is 5.32 Å². The van der Waals surface area contributed by atoms with E-state index in [2.05, 4.69) is 26.1 Å². The average molecular weight is 251 g/mol. The molecule has 0 saturated carbocycles. The fourth-order valence-corrected chi connectivity index (χ4v) is 2.19. The molecule has 0 aliphatic rings. The van der Waals surface area contributed by atoms with Gasteiger partial charge in [-0.2, -0.15) is 0 Å². The summed E-state index contributed by atoms with van der Waals surface area (Å²) in [7, 11) is 0. The Morgan fingerprint density at radius 2 is 1.94 bits per heavy atom. The molecule has 1 rings (SSSR count). The Morgan fingerprint density at radius 3 is 2.53 bits per heavy atom. The van der Waals surface area contributed by atoms with E-state index in [1.165, 1.54) is 0 Å². The molecule has 1 aromatic carbocycles. The summed E-state index contributed by atoms with van der Waals surface area (Å²) in [5, 5.41) is 3.04. The smallest absolute Gasteiger partial charge is 0.252 e. The second-order valence-corrected chi connectivity index (χ2v) is 5.74. The summed E-state index contributed by atoms with van der Waals surface area (Å²) in [4.78, 5) is 13.2. The first-order valence-corrected chi connectivity index (χ1v) is 7.07. The van der Waals surface area contributed by atoms with Crippen molar-refractivity contribution in [3.8, 4) is 0 Å². The average Bonchev–Trinajstić information content (AvgIpc) is 2.29. The topological polar surface area (TPSA) is 29.1 Å². The van der Waals surface area contributed by atoms with Crippen molar-refractivity contribution in [1.29, 1.82) is 0 Å². The summed E-state index contributed by atoms with van der Waals surface area (Å²) in [5.41, 5.74) is 0.784. The highest BCUT2D eigenvalue weighted by Gasteiger charge is 2.15. The van der Waals surface area contributed by atoms with Crippen LogP contribution in [-0.2, 0) is 0 Å². The Hall–Kier alpha value is -0.960. The van der Waals surface area contributed by atoms with Gasteiger partial charge in [-0.3, -0.25) is 4.79 Å². The third-order valence-electron chi connectivity index (χ3n) is 2.79. The van der Waals surface area contributed by atoms with Crippen molar-refractivity contribution < 1.29 is 4.79 Å². The standard InChI is InChI=1S/C14H21NOS/c1-5-17-13-9-7-6-8-12(13)14(16)15-11(4)10(2)3/h6-11H,5H2,1-4H3,(H,15,16)/t11-/m0/s1. The molecule has 1 atom stereocenters. The van der Waals surface area contributed by atoms with Crippen molar-refractivity contribution >= 4 is 17.7 Å². The van der Waals surface area contributed by atoms with Gasteiger partial charge in [-0.15, -0.1) is 11.8 Å². The van der Waals surface area contributed by atoms with Gasteiger partial charge in [0.05, 0.1) is 5.56 Å². The molecule has 1 aromatic rings. The number of benzene rings is 1. The Bertz CT molecular complexity index is 376. The second kappa shape index (κ2) is 6.70. The number of carbonyl (C=O) groups is 1. The van der Waals surface area contributed by atoms with Gasteiger partial charge in [0, 0.05) is 10.9 Å². The fourth-order valence-electron chi connectivity index (χ4n) is 1.39. The van der Waals surface area contributed by atoms with Crippen molar-refractivity contribution in [3.63, 3.8) is 0 Å². The molecule has 94 valence electrons. The minimum Gasteiger partial charge on any atom is -0.349 e. The van der Waals surface area contributed by atoms with Crippen LogP contribution in [0.3, 0.4) is 0 Å². The highest BCUT2D eigenvalue weighted by molar-refractivity contribution is 7.99. The minimum absolute atomic E-state index is 0.0303. The van der Waals surface area contributed by atoms with Crippen LogP contribution in [0.4, 0.5) is 0 Å². The van der Waals surface area contributed by atoms with Crippen LogP contribution in [0, 0.1) is 5.92 Å². The van der Waals surface area contributed by atoms with Crippen molar-refractivity contribution in [2.75, 3.05) is 5.75 Å². The summed E-state index contributed by atoms with van der Waals surface area (Å²) in [6.07, 6.45) is 0. The first-order chi connectivity index (χ1) is 8.06. The predicted molar refractivity (Wildman–Crippen MR) is 74.6 cm³/mol. The van der Waals surface area contributed by atoms with Crippen LogP contribution in [0.15, 0.2) is 29.2 Å². The zero-order chi connectivity index (χ0) is 12.8. The third-order valence-corrected chi connectivity index (χ3v) is 3.75. The molecule has 0 aliphatic carbocycles. The van der Waals surface area contributed by atoms with E-state index in [0.29, 0.717) is 5.92 Å². The molecule has 0 bridgehead atoms. The molecule has 3 heteroatoms. The van der Waals surface area contributed by atoms with Crippen LogP contribution in [0.25, 0.3) is 0 Å². The van der Waals surface area contributed by atoms with Gasteiger partial charge < -0.3 is 5.32 Å². The summed E-state index contributed by atoms with van der Waals surface area (Å²) in [5.74, 6) is 1.46. The first-order valence-electron chi connectivity index (χ1n) is 6.09. The predicted octanol–water partition coefficient (Wildman–Crippen LogP) is 3.57. The molecule has 0 spiro atoms. The Morgan fingerprint density at radius 1 is 1.29 bits per heavy atom. The third kappa shape index (κ3) is 4.08. The van der Waals surface area contributed by atoms with Gasteiger partial charge >= 0.3 is 0 Å². The quantitative estimate of drug-likeness (QED) is 0.811. The maximum atomic E-state index is 12.1. The van der Waals surface area contributed by atoms with E-state index >= 15 is 0 Å². The van der Waals surface area contributed by atoms with E-state index in [9.17, 15) is 4.79 Å². The van der Waals surface area contributed by atoms with Gasteiger partial charge in [-0.05, 0) is 30.7 Å². The molecular formula is C14H21NOS. The van der Waals surface area contributed by atoms with Gasteiger partial charge in [-0.1, -0.05) is 32.9 Å². The van der Waals surface area contributed by atoms with Crippen LogP contribution in [0.2, 0.25) is 0 Å². The van der Waals surface area contributed by atoms with Gasteiger partial charge in [0.25, 0.3) is 5.91 Å². The maximum Gasteiger partial charge on any atom is 0.252 e. The monoisotopic (exact) mass is 251 g/mol. The molecule has 0 unspecified atom stereocenters. The van der Waals surface area contributed by atoms with Crippen LogP contribution in [0.1, 0.15) is 38.1 Å². The zero-order valence-corrected chi connectivity index (χ0v) is 11.8. The van der Waals surface area contributed by atoms with Crippen molar-refractivity contribution in [2.24, 2.45) is 5.92 Å².